The number of aromatic nitrogens is 1. The number of aryl methyl sites for hydroxylation is 2. The number of hydrazine groups is 1. The van der Waals surface area contributed by atoms with E-state index in [1.54, 1.807) is 0 Å². The van der Waals surface area contributed by atoms with Crippen LogP contribution in [0.5, 0.6) is 0 Å². The monoisotopic (exact) mass is 425 g/mol. The van der Waals surface area contributed by atoms with Crippen LogP contribution in [0.4, 0.5) is 4.79 Å². The van der Waals surface area contributed by atoms with Gasteiger partial charge in [-0.3, -0.25) is 10.4 Å². The molecule has 5 rings (SSSR count). The summed E-state index contributed by atoms with van der Waals surface area (Å²) in [5.74, 6) is 0.937. The Kier molecular flexibility index (Phi) is 5.17. The first-order chi connectivity index (χ1) is 14.5. The highest BCUT2D eigenvalue weighted by Gasteiger charge is 2.47. The third-order valence-corrected chi connectivity index (χ3v) is 7.03. The van der Waals surface area contributed by atoms with Gasteiger partial charge in [0.05, 0.1) is 6.04 Å². The van der Waals surface area contributed by atoms with Crippen molar-refractivity contribution in [3.05, 3.63) is 63.9 Å². The number of hydrogen-bond acceptors (Lipinski definition) is 4. The SMILES string of the molecule is Cc1cc(C2NNC3CC4NC(=O)N(Cc5cccc(Cl)c5)CC4CC32)cc(C)n1. The fourth-order valence-electron chi connectivity index (χ4n) is 5.52. The van der Waals surface area contributed by atoms with E-state index in [9.17, 15) is 4.79 Å². The predicted octanol–water partition coefficient (Wildman–Crippen LogP) is 3.49. The highest BCUT2D eigenvalue weighted by molar-refractivity contribution is 6.30. The molecule has 0 bridgehead atoms. The molecule has 0 spiro atoms. The Morgan fingerprint density at radius 2 is 1.90 bits per heavy atom. The number of benzene rings is 1. The Labute approximate surface area is 182 Å². The Morgan fingerprint density at radius 1 is 1.10 bits per heavy atom. The minimum Gasteiger partial charge on any atom is -0.335 e. The molecule has 3 fully saturated rings. The molecular formula is C23H28ClN5O. The lowest BCUT2D eigenvalue weighted by molar-refractivity contribution is 0.0961. The molecule has 1 aromatic heterocycles. The zero-order valence-corrected chi connectivity index (χ0v) is 18.1. The second-order valence-electron chi connectivity index (χ2n) is 9.02. The topological polar surface area (TPSA) is 69.3 Å². The number of pyridine rings is 1. The van der Waals surface area contributed by atoms with E-state index < -0.39 is 0 Å². The van der Waals surface area contributed by atoms with Crippen LogP contribution in [0.2, 0.25) is 5.02 Å². The summed E-state index contributed by atoms with van der Waals surface area (Å²) in [7, 11) is 0. The summed E-state index contributed by atoms with van der Waals surface area (Å²) in [6, 6.07) is 13.0. The van der Waals surface area contributed by atoms with Gasteiger partial charge in [0, 0.05) is 41.6 Å². The third kappa shape index (κ3) is 3.80. The van der Waals surface area contributed by atoms with Crippen molar-refractivity contribution in [1.29, 1.82) is 0 Å². The molecule has 2 aliphatic heterocycles. The molecule has 3 heterocycles. The molecule has 30 heavy (non-hydrogen) atoms. The highest BCUT2D eigenvalue weighted by Crippen LogP contribution is 2.42. The van der Waals surface area contributed by atoms with E-state index in [4.69, 9.17) is 11.6 Å². The molecule has 158 valence electrons. The van der Waals surface area contributed by atoms with Gasteiger partial charge in [-0.15, -0.1) is 0 Å². The summed E-state index contributed by atoms with van der Waals surface area (Å²) in [6.07, 6.45) is 2.03. The van der Waals surface area contributed by atoms with Crippen molar-refractivity contribution >= 4 is 17.6 Å². The van der Waals surface area contributed by atoms with Crippen LogP contribution in [-0.2, 0) is 6.54 Å². The zero-order chi connectivity index (χ0) is 20.8. The molecule has 5 atom stereocenters. The fraction of sp³-hybridized carbons (Fsp3) is 0.478. The molecule has 1 aliphatic carbocycles. The molecule has 6 nitrogen and oxygen atoms in total. The Balaban J connectivity index is 1.32. The third-order valence-electron chi connectivity index (χ3n) is 6.80. The average molecular weight is 426 g/mol. The summed E-state index contributed by atoms with van der Waals surface area (Å²) in [6.45, 7) is 5.48. The van der Waals surface area contributed by atoms with Crippen LogP contribution in [0.1, 0.15) is 41.4 Å². The first-order valence-electron chi connectivity index (χ1n) is 10.7. The summed E-state index contributed by atoms with van der Waals surface area (Å²) in [4.78, 5) is 19.2. The average Bonchev–Trinajstić information content (AvgIpc) is 3.09. The van der Waals surface area contributed by atoms with E-state index in [2.05, 4.69) is 47.1 Å². The zero-order valence-electron chi connectivity index (χ0n) is 17.4. The fourth-order valence-corrected chi connectivity index (χ4v) is 5.73. The largest absolute Gasteiger partial charge is 0.335 e. The molecule has 0 radical (unpaired) electrons. The number of urea groups is 1. The maximum Gasteiger partial charge on any atom is 0.317 e. The van der Waals surface area contributed by atoms with Crippen LogP contribution in [0.3, 0.4) is 0 Å². The number of nitrogens with zero attached hydrogens (tertiary/aromatic N) is 2. The highest BCUT2D eigenvalue weighted by atomic mass is 35.5. The molecular weight excluding hydrogens is 398 g/mol. The second-order valence-corrected chi connectivity index (χ2v) is 9.45. The van der Waals surface area contributed by atoms with Crippen molar-refractivity contribution in [2.75, 3.05) is 6.54 Å². The van der Waals surface area contributed by atoms with E-state index in [1.165, 1.54) is 5.56 Å². The smallest absolute Gasteiger partial charge is 0.317 e. The maximum atomic E-state index is 12.7. The van der Waals surface area contributed by atoms with Crippen molar-refractivity contribution in [1.82, 2.24) is 26.1 Å². The van der Waals surface area contributed by atoms with E-state index in [1.807, 2.05) is 29.2 Å². The number of rotatable bonds is 3. The quantitative estimate of drug-likeness (QED) is 0.704. The predicted molar refractivity (Wildman–Crippen MR) is 117 cm³/mol. The van der Waals surface area contributed by atoms with E-state index >= 15 is 0 Å². The number of hydrogen-bond donors (Lipinski definition) is 3. The summed E-state index contributed by atoms with van der Waals surface area (Å²) < 4.78 is 0. The van der Waals surface area contributed by atoms with Gasteiger partial charge in [-0.25, -0.2) is 10.2 Å². The summed E-state index contributed by atoms with van der Waals surface area (Å²) in [5.41, 5.74) is 11.5. The molecule has 7 heteroatoms. The van der Waals surface area contributed by atoms with Crippen LogP contribution in [0.25, 0.3) is 0 Å². The van der Waals surface area contributed by atoms with Crippen molar-refractivity contribution < 1.29 is 4.79 Å². The van der Waals surface area contributed by atoms with Gasteiger partial charge in [-0.05, 0) is 73.9 Å². The molecule has 3 N–H and O–H groups in total. The lowest BCUT2D eigenvalue weighted by Gasteiger charge is -2.45. The second kappa shape index (κ2) is 7.84. The van der Waals surface area contributed by atoms with Crippen molar-refractivity contribution in [3.8, 4) is 0 Å². The number of carbonyl (C=O) groups is 1. The first kappa shape index (κ1) is 19.8. The van der Waals surface area contributed by atoms with E-state index in [-0.39, 0.29) is 18.1 Å². The Hall–Kier alpha value is -2.15. The van der Waals surface area contributed by atoms with Crippen molar-refractivity contribution in [3.63, 3.8) is 0 Å². The van der Waals surface area contributed by atoms with Gasteiger partial charge in [0.1, 0.15) is 0 Å². The van der Waals surface area contributed by atoms with Crippen LogP contribution in [-0.4, -0.2) is 34.5 Å². The van der Waals surface area contributed by atoms with Crippen molar-refractivity contribution in [2.45, 2.75) is 51.4 Å². The first-order valence-corrected chi connectivity index (χ1v) is 11.1. The number of carbonyl (C=O) groups excluding carboxylic acids is 1. The number of halogens is 1. The maximum absolute atomic E-state index is 12.7. The lowest BCUT2D eigenvalue weighted by atomic mass is 9.71. The summed E-state index contributed by atoms with van der Waals surface area (Å²) >= 11 is 6.13. The van der Waals surface area contributed by atoms with Gasteiger partial charge in [0.15, 0.2) is 0 Å². The van der Waals surface area contributed by atoms with Crippen LogP contribution in [0, 0.1) is 25.7 Å². The minimum absolute atomic E-state index is 0.0255. The van der Waals surface area contributed by atoms with Gasteiger partial charge in [-0.1, -0.05) is 23.7 Å². The van der Waals surface area contributed by atoms with Crippen molar-refractivity contribution in [2.24, 2.45) is 11.8 Å². The number of amides is 2. The van der Waals surface area contributed by atoms with E-state index in [0.29, 0.717) is 29.4 Å². The number of fused-ring (bicyclic) bond motifs is 2. The van der Waals surface area contributed by atoms with Crippen LogP contribution >= 0.6 is 11.6 Å². The normalized spacial score (nSPS) is 30.6. The van der Waals surface area contributed by atoms with Gasteiger partial charge in [-0.2, -0.15) is 0 Å². The molecule has 5 unspecified atom stereocenters. The van der Waals surface area contributed by atoms with Gasteiger partial charge in [0.2, 0.25) is 0 Å². The Bertz CT molecular complexity index is 946. The molecule has 1 aromatic carbocycles. The number of nitrogens with one attached hydrogen (secondary N) is 3. The molecule has 2 aromatic rings. The van der Waals surface area contributed by atoms with Crippen LogP contribution < -0.4 is 16.2 Å². The van der Waals surface area contributed by atoms with Gasteiger partial charge < -0.3 is 10.2 Å². The summed E-state index contributed by atoms with van der Waals surface area (Å²) in [5, 5.41) is 3.97. The van der Waals surface area contributed by atoms with E-state index in [0.717, 1.165) is 36.3 Å². The molecule has 3 aliphatic rings. The van der Waals surface area contributed by atoms with Gasteiger partial charge in [0.25, 0.3) is 0 Å². The Morgan fingerprint density at radius 3 is 2.67 bits per heavy atom. The standard InChI is InChI=1S/C23H28ClN5O/c1-13-6-16(7-14(2)25-13)22-19-9-17-12-29(11-15-4-3-5-18(24)8-15)23(30)26-20(17)10-21(19)27-28-22/h3-8,17,19-22,27-28H,9-12H2,1-2H3,(H,26,30). The molecule has 2 amide bonds. The van der Waals surface area contributed by atoms with Crippen LogP contribution in [0.15, 0.2) is 36.4 Å². The van der Waals surface area contributed by atoms with Gasteiger partial charge >= 0.3 is 6.03 Å². The molecule has 1 saturated carbocycles. The molecule has 2 saturated heterocycles. The lowest BCUT2D eigenvalue weighted by Crippen LogP contribution is -2.60. The minimum atomic E-state index is 0.0255.